The van der Waals surface area contributed by atoms with Gasteiger partial charge in [0.05, 0.1) is 11.3 Å². The zero-order valence-corrected chi connectivity index (χ0v) is 15.9. The number of alkyl halides is 3. The average Bonchev–Trinajstić information content (AvgIpc) is 2.76. The summed E-state index contributed by atoms with van der Waals surface area (Å²) in [4.78, 5) is 21.3. The zero-order chi connectivity index (χ0) is 21.6. The molecule has 0 saturated heterocycles. The maximum Gasteiger partial charge on any atom is 0.416 e. The highest BCUT2D eigenvalue weighted by atomic mass is 19.4. The summed E-state index contributed by atoms with van der Waals surface area (Å²) in [6.07, 6.45) is -2.91. The third-order valence-corrected chi connectivity index (χ3v) is 4.07. The largest absolute Gasteiger partial charge is 0.469 e. The summed E-state index contributed by atoms with van der Waals surface area (Å²) in [7, 11) is 0. The minimum atomic E-state index is -4.40. The fraction of sp³-hybridized carbons (Fsp3) is 0.136. The number of pyridine rings is 1. The average molecular weight is 414 g/mol. The van der Waals surface area contributed by atoms with Gasteiger partial charge in [0.1, 0.15) is 0 Å². The lowest BCUT2D eigenvalue weighted by molar-refractivity contribution is -0.137. The summed E-state index contributed by atoms with van der Waals surface area (Å²) in [6, 6.07) is 16.3. The molecule has 30 heavy (non-hydrogen) atoms. The van der Waals surface area contributed by atoms with Crippen LogP contribution in [0.2, 0.25) is 0 Å². The van der Waals surface area contributed by atoms with Crippen molar-refractivity contribution in [3.05, 3.63) is 89.6 Å². The van der Waals surface area contributed by atoms with Crippen LogP contribution in [0.15, 0.2) is 78.1 Å². The fourth-order valence-corrected chi connectivity index (χ4v) is 2.41. The number of rotatable bonds is 7. The van der Waals surface area contributed by atoms with E-state index in [0.717, 1.165) is 12.1 Å². The lowest BCUT2D eigenvalue weighted by Crippen LogP contribution is -2.12. The first-order valence-electron chi connectivity index (χ1n) is 8.89. The molecule has 0 amide bonds. The number of ketones is 1. The first-order valence-corrected chi connectivity index (χ1v) is 8.89. The van der Waals surface area contributed by atoms with Crippen molar-refractivity contribution < 1.29 is 27.5 Å². The number of carbonyl (C=O) groups is 1. The molecule has 0 fully saturated rings. The summed E-state index contributed by atoms with van der Waals surface area (Å²) >= 11 is 0. The highest BCUT2D eigenvalue weighted by molar-refractivity contribution is 5.98. The van der Waals surface area contributed by atoms with Gasteiger partial charge in [0.15, 0.2) is 18.1 Å². The van der Waals surface area contributed by atoms with E-state index in [-0.39, 0.29) is 24.0 Å². The van der Waals surface area contributed by atoms with Gasteiger partial charge in [-0.1, -0.05) is 35.5 Å². The number of hydrogen-bond donors (Lipinski definition) is 0. The molecule has 0 radical (unpaired) electrons. The highest BCUT2D eigenvalue weighted by Crippen LogP contribution is 2.30. The second kappa shape index (κ2) is 9.21. The summed E-state index contributed by atoms with van der Waals surface area (Å²) in [5.74, 6) is 0.290. The van der Waals surface area contributed by atoms with E-state index in [1.807, 2.05) is 6.07 Å². The van der Waals surface area contributed by atoms with Crippen LogP contribution in [-0.4, -0.2) is 23.1 Å². The lowest BCUT2D eigenvalue weighted by Gasteiger charge is -2.07. The Hall–Kier alpha value is -3.68. The number of nitrogens with zero attached hydrogens (tertiary/aromatic N) is 2. The van der Waals surface area contributed by atoms with E-state index in [4.69, 9.17) is 9.57 Å². The standard InChI is InChI=1S/C22H17F3N2O3/c1-15(27-30-19-10-8-18(9-11-19)22(23,24)25)17-7-12-21(26-13-17)29-14-20(28)16-5-3-2-4-6-16/h2-13H,14H2,1H3. The minimum absolute atomic E-state index is 0.138. The van der Waals surface area contributed by atoms with E-state index >= 15 is 0 Å². The quantitative estimate of drug-likeness (QED) is 0.304. The van der Waals surface area contributed by atoms with Gasteiger partial charge in [-0.2, -0.15) is 13.2 Å². The molecule has 0 aliphatic heterocycles. The number of aromatic nitrogens is 1. The number of Topliss-reactive ketones (excluding diaryl/α,β-unsaturated/α-hetero) is 1. The van der Waals surface area contributed by atoms with Gasteiger partial charge in [-0.25, -0.2) is 4.98 Å². The van der Waals surface area contributed by atoms with Crippen molar-refractivity contribution in [1.82, 2.24) is 4.98 Å². The van der Waals surface area contributed by atoms with Crippen LogP contribution in [0.4, 0.5) is 13.2 Å². The first kappa shape index (κ1) is 21.0. The molecule has 0 bridgehead atoms. The van der Waals surface area contributed by atoms with Gasteiger partial charge in [0, 0.05) is 23.4 Å². The van der Waals surface area contributed by atoms with Crippen LogP contribution < -0.4 is 9.57 Å². The van der Waals surface area contributed by atoms with Gasteiger partial charge in [-0.05, 0) is 37.3 Å². The van der Waals surface area contributed by atoms with E-state index in [2.05, 4.69) is 10.1 Å². The van der Waals surface area contributed by atoms with Crippen molar-refractivity contribution in [2.24, 2.45) is 5.16 Å². The smallest absolute Gasteiger partial charge is 0.416 e. The van der Waals surface area contributed by atoms with Crippen LogP contribution >= 0.6 is 0 Å². The molecule has 154 valence electrons. The van der Waals surface area contributed by atoms with Crippen molar-refractivity contribution in [3.8, 4) is 11.6 Å². The Bertz CT molecular complexity index is 1020. The van der Waals surface area contributed by atoms with Crippen LogP contribution in [0.1, 0.15) is 28.4 Å². The molecule has 3 rings (SSSR count). The molecule has 0 spiro atoms. The molecule has 1 aromatic heterocycles. The van der Waals surface area contributed by atoms with Crippen LogP contribution in [-0.2, 0) is 6.18 Å². The predicted molar refractivity (Wildman–Crippen MR) is 105 cm³/mol. The third-order valence-electron chi connectivity index (χ3n) is 4.07. The molecular weight excluding hydrogens is 397 g/mol. The van der Waals surface area contributed by atoms with Gasteiger partial charge in [-0.15, -0.1) is 0 Å². The Kier molecular flexibility index (Phi) is 6.46. The number of benzene rings is 2. The van der Waals surface area contributed by atoms with Gasteiger partial charge in [0.2, 0.25) is 5.88 Å². The van der Waals surface area contributed by atoms with Crippen molar-refractivity contribution in [3.63, 3.8) is 0 Å². The van der Waals surface area contributed by atoms with E-state index in [1.165, 1.54) is 18.3 Å². The summed E-state index contributed by atoms with van der Waals surface area (Å²) < 4.78 is 43.1. The molecule has 2 aromatic carbocycles. The Morgan fingerprint density at radius 2 is 1.67 bits per heavy atom. The van der Waals surface area contributed by atoms with Crippen molar-refractivity contribution >= 4 is 11.5 Å². The van der Waals surface area contributed by atoms with E-state index < -0.39 is 11.7 Å². The van der Waals surface area contributed by atoms with Crippen LogP contribution in [0.25, 0.3) is 0 Å². The molecule has 0 aliphatic carbocycles. The summed E-state index contributed by atoms with van der Waals surface area (Å²) in [5.41, 5.74) is 0.886. The normalized spacial score (nSPS) is 11.8. The van der Waals surface area contributed by atoms with Gasteiger partial charge < -0.3 is 9.57 Å². The number of oxime groups is 1. The van der Waals surface area contributed by atoms with E-state index in [9.17, 15) is 18.0 Å². The molecule has 0 aliphatic rings. The second-order valence-electron chi connectivity index (χ2n) is 6.25. The van der Waals surface area contributed by atoms with Crippen LogP contribution in [0.3, 0.4) is 0 Å². The maximum absolute atomic E-state index is 12.6. The highest BCUT2D eigenvalue weighted by Gasteiger charge is 2.30. The van der Waals surface area contributed by atoms with Gasteiger partial charge in [-0.3, -0.25) is 4.79 Å². The van der Waals surface area contributed by atoms with Crippen molar-refractivity contribution in [2.45, 2.75) is 13.1 Å². The molecule has 1 heterocycles. The summed E-state index contributed by atoms with van der Waals surface area (Å²) in [6.45, 7) is 1.53. The number of hydrogen-bond acceptors (Lipinski definition) is 5. The molecule has 3 aromatic rings. The molecule has 0 saturated carbocycles. The number of halogens is 3. The molecule has 0 unspecified atom stereocenters. The lowest BCUT2D eigenvalue weighted by atomic mass is 10.1. The van der Waals surface area contributed by atoms with E-state index in [1.54, 1.807) is 43.3 Å². The molecule has 5 nitrogen and oxygen atoms in total. The Labute approximate surface area is 170 Å². The minimum Gasteiger partial charge on any atom is -0.469 e. The van der Waals surface area contributed by atoms with Crippen LogP contribution in [0, 0.1) is 0 Å². The van der Waals surface area contributed by atoms with Crippen molar-refractivity contribution in [2.75, 3.05) is 6.61 Å². The Morgan fingerprint density at radius 3 is 2.27 bits per heavy atom. The Morgan fingerprint density at radius 1 is 0.967 bits per heavy atom. The summed E-state index contributed by atoms with van der Waals surface area (Å²) in [5, 5.41) is 3.90. The molecule has 0 atom stereocenters. The van der Waals surface area contributed by atoms with Gasteiger partial charge in [0.25, 0.3) is 0 Å². The fourth-order valence-electron chi connectivity index (χ4n) is 2.41. The Balaban J connectivity index is 1.56. The number of carbonyl (C=O) groups excluding carboxylic acids is 1. The predicted octanol–water partition coefficient (Wildman–Crippen LogP) is 5.17. The zero-order valence-electron chi connectivity index (χ0n) is 15.9. The topological polar surface area (TPSA) is 60.8 Å². The van der Waals surface area contributed by atoms with E-state index in [0.29, 0.717) is 16.8 Å². The van der Waals surface area contributed by atoms with Gasteiger partial charge >= 0.3 is 6.18 Å². The maximum atomic E-state index is 12.6. The second-order valence-corrected chi connectivity index (χ2v) is 6.25. The first-order chi connectivity index (χ1) is 14.3. The number of ether oxygens (including phenoxy) is 1. The molecule has 8 heteroatoms. The monoisotopic (exact) mass is 414 g/mol. The third kappa shape index (κ3) is 5.66. The van der Waals surface area contributed by atoms with Crippen molar-refractivity contribution in [1.29, 1.82) is 0 Å². The van der Waals surface area contributed by atoms with Crippen LogP contribution in [0.5, 0.6) is 11.6 Å². The molecule has 0 N–H and O–H groups in total. The SMILES string of the molecule is CC(=NOc1ccc(C(F)(F)F)cc1)c1ccc(OCC(=O)c2ccccc2)nc1. The molecular formula is C22H17F3N2O3.